The van der Waals surface area contributed by atoms with E-state index in [0.29, 0.717) is 0 Å². The minimum atomic E-state index is -5.84. The van der Waals surface area contributed by atoms with Crippen molar-refractivity contribution in [1.82, 2.24) is 4.90 Å². The summed E-state index contributed by atoms with van der Waals surface area (Å²) in [5.41, 5.74) is -5.53. The Kier molecular flexibility index (Phi) is 5.54. The maximum absolute atomic E-state index is 10.7. The molecule has 92 valence electrons. The Hall–Kier alpha value is -0.340. The normalized spacial score (nSPS) is 18.5. The average molecular weight is 249 g/mol. The van der Waals surface area contributed by atoms with Crippen molar-refractivity contribution < 1.29 is 26.1 Å². The van der Waals surface area contributed by atoms with Crippen LogP contribution in [-0.2, 0) is 10.1 Å². The largest absolute Gasteiger partial charge is 0.522 e. The van der Waals surface area contributed by atoms with Crippen LogP contribution in [0, 0.1) is 0 Å². The Labute approximate surface area is 86.8 Å². The van der Waals surface area contributed by atoms with Gasteiger partial charge in [-0.2, -0.15) is 21.6 Å². The molecule has 0 aromatic carbocycles. The van der Waals surface area contributed by atoms with Crippen molar-refractivity contribution in [3.8, 4) is 0 Å². The van der Waals surface area contributed by atoms with Crippen molar-refractivity contribution in [3.05, 3.63) is 0 Å². The molecule has 0 unspecified atom stereocenters. The third-order valence-corrected chi connectivity index (χ3v) is 2.52. The second-order valence-electron chi connectivity index (χ2n) is 3.06. The predicted molar refractivity (Wildman–Crippen MR) is 49.0 cm³/mol. The zero-order valence-corrected chi connectivity index (χ0v) is 9.11. The summed E-state index contributed by atoms with van der Waals surface area (Å²) >= 11 is 0. The van der Waals surface area contributed by atoms with E-state index in [1.54, 1.807) is 0 Å². The Balaban J connectivity index is 0.000000262. The van der Waals surface area contributed by atoms with E-state index >= 15 is 0 Å². The third-order valence-electron chi connectivity index (χ3n) is 1.94. The van der Waals surface area contributed by atoms with Crippen LogP contribution in [0.1, 0.15) is 19.8 Å². The van der Waals surface area contributed by atoms with Gasteiger partial charge in [-0.25, -0.2) is 0 Å². The van der Waals surface area contributed by atoms with E-state index in [4.69, 9.17) is 13.0 Å². The topological polar surface area (TPSA) is 57.6 Å². The molecule has 0 spiro atoms. The highest BCUT2D eigenvalue weighted by atomic mass is 32.2. The van der Waals surface area contributed by atoms with Crippen LogP contribution < -0.4 is 0 Å². The molecule has 0 radical (unpaired) electrons. The molecule has 1 saturated heterocycles. The molecular formula is C7H14F3NO3S. The van der Waals surface area contributed by atoms with Crippen LogP contribution in [0.5, 0.6) is 0 Å². The summed E-state index contributed by atoms with van der Waals surface area (Å²) in [4.78, 5) is 2.49. The molecule has 1 aliphatic rings. The van der Waals surface area contributed by atoms with Gasteiger partial charge in [0.25, 0.3) is 0 Å². The Morgan fingerprint density at radius 3 is 1.73 bits per heavy atom. The van der Waals surface area contributed by atoms with E-state index in [9.17, 15) is 13.2 Å². The van der Waals surface area contributed by atoms with Crippen LogP contribution in [0.15, 0.2) is 0 Å². The molecule has 1 fully saturated rings. The van der Waals surface area contributed by atoms with E-state index in [0.717, 1.165) is 0 Å². The van der Waals surface area contributed by atoms with Crippen molar-refractivity contribution in [3.63, 3.8) is 0 Å². The Morgan fingerprint density at radius 1 is 1.27 bits per heavy atom. The van der Waals surface area contributed by atoms with Crippen LogP contribution in [0.4, 0.5) is 13.2 Å². The highest BCUT2D eigenvalue weighted by Gasteiger charge is 2.44. The van der Waals surface area contributed by atoms with Gasteiger partial charge in [-0.15, -0.1) is 0 Å². The molecule has 1 heterocycles. The number of nitrogens with zero attached hydrogens (tertiary/aromatic N) is 1. The van der Waals surface area contributed by atoms with Crippen molar-refractivity contribution in [2.45, 2.75) is 25.3 Å². The lowest BCUT2D eigenvalue weighted by Gasteiger charge is -2.08. The third kappa shape index (κ3) is 5.95. The second kappa shape index (κ2) is 5.66. The predicted octanol–water partition coefficient (Wildman–Crippen LogP) is 1.50. The highest BCUT2D eigenvalue weighted by Crippen LogP contribution is 2.20. The summed E-state index contributed by atoms with van der Waals surface area (Å²) in [6.45, 7) is 6.16. The van der Waals surface area contributed by atoms with Crippen LogP contribution in [0.3, 0.4) is 0 Å². The van der Waals surface area contributed by atoms with Crippen LogP contribution >= 0.6 is 0 Å². The number of alkyl halides is 3. The minimum Gasteiger partial charge on any atom is -0.304 e. The number of hydrogen-bond donors (Lipinski definition) is 1. The number of hydrogen-bond acceptors (Lipinski definition) is 3. The number of rotatable bonds is 1. The van der Waals surface area contributed by atoms with Gasteiger partial charge in [-0.3, -0.25) is 4.55 Å². The molecule has 0 atom stereocenters. The fourth-order valence-corrected chi connectivity index (χ4v) is 1.10. The van der Waals surface area contributed by atoms with Crippen LogP contribution in [-0.4, -0.2) is 43.0 Å². The van der Waals surface area contributed by atoms with Gasteiger partial charge in [0.1, 0.15) is 0 Å². The first-order chi connectivity index (χ1) is 6.68. The first-order valence-corrected chi connectivity index (χ1v) is 5.88. The molecule has 15 heavy (non-hydrogen) atoms. The summed E-state index contributed by atoms with van der Waals surface area (Å²) < 4.78 is 57.5. The van der Waals surface area contributed by atoms with E-state index in [-0.39, 0.29) is 0 Å². The average Bonchev–Trinajstić information content (AvgIpc) is 2.52. The van der Waals surface area contributed by atoms with Crippen molar-refractivity contribution in [2.24, 2.45) is 0 Å². The SMILES string of the molecule is CCN1CCCC1.O=S(=O)(O)C(F)(F)F. The molecule has 0 aromatic rings. The number of likely N-dealkylation sites (tertiary alicyclic amines) is 1. The zero-order valence-electron chi connectivity index (χ0n) is 8.29. The Morgan fingerprint density at radius 2 is 1.60 bits per heavy atom. The van der Waals surface area contributed by atoms with Crippen LogP contribution in [0.2, 0.25) is 0 Å². The Bertz CT molecular complexity index is 270. The van der Waals surface area contributed by atoms with E-state index < -0.39 is 15.6 Å². The lowest BCUT2D eigenvalue weighted by molar-refractivity contribution is -0.0510. The maximum atomic E-state index is 10.7. The van der Waals surface area contributed by atoms with Gasteiger partial charge in [0.2, 0.25) is 0 Å². The number of halogens is 3. The van der Waals surface area contributed by atoms with Gasteiger partial charge in [-0.1, -0.05) is 6.92 Å². The first-order valence-electron chi connectivity index (χ1n) is 4.44. The molecular weight excluding hydrogens is 235 g/mol. The van der Waals surface area contributed by atoms with Crippen molar-refractivity contribution >= 4 is 10.1 Å². The fraction of sp³-hybridized carbons (Fsp3) is 1.00. The molecule has 4 nitrogen and oxygen atoms in total. The summed E-state index contributed by atoms with van der Waals surface area (Å²) in [5, 5.41) is 0. The lowest BCUT2D eigenvalue weighted by Crippen LogP contribution is -2.21. The lowest BCUT2D eigenvalue weighted by atomic mass is 10.4. The van der Waals surface area contributed by atoms with Crippen LogP contribution in [0.25, 0.3) is 0 Å². The summed E-state index contributed by atoms with van der Waals surface area (Å²) in [6.07, 6.45) is 2.85. The summed E-state index contributed by atoms with van der Waals surface area (Å²) in [5.74, 6) is 0. The molecule has 0 saturated carbocycles. The van der Waals surface area contributed by atoms with Gasteiger partial charge < -0.3 is 4.90 Å². The van der Waals surface area contributed by atoms with Gasteiger partial charge in [0, 0.05) is 0 Å². The standard InChI is InChI=1S/C6H13N.CHF3O3S/c1-2-7-5-3-4-6-7;2-1(3,4)8(5,6)7/h2-6H2,1H3;(H,5,6,7). The first kappa shape index (κ1) is 14.7. The molecule has 1 aliphatic heterocycles. The van der Waals surface area contributed by atoms with E-state index in [2.05, 4.69) is 11.8 Å². The van der Waals surface area contributed by atoms with Gasteiger partial charge in [-0.05, 0) is 32.5 Å². The van der Waals surface area contributed by atoms with E-state index in [1.807, 2.05) is 0 Å². The molecule has 0 amide bonds. The summed E-state index contributed by atoms with van der Waals surface area (Å²) in [6, 6.07) is 0. The molecule has 1 rings (SSSR count). The molecule has 0 bridgehead atoms. The molecule has 0 aliphatic carbocycles. The zero-order chi connectivity index (χ0) is 12.1. The van der Waals surface area contributed by atoms with E-state index in [1.165, 1.54) is 32.5 Å². The van der Waals surface area contributed by atoms with Gasteiger partial charge in [0.05, 0.1) is 0 Å². The monoisotopic (exact) mass is 249 g/mol. The van der Waals surface area contributed by atoms with Gasteiger partial charge >= 0.3 is 15.6 Å². The van der Waals surface area contributed by atoms with Gasteiger partial charge in [0.15, 0.2) is 0 Å². The fourth-order valence-electron chi connectivity index (χ4n) is 1.10. The summed E-state index contributed by atoms with van der Waals surface area (Å²) in [7, 11) is -5.84. The van der Waals surface area contributed by atoms with Crippen molar-refractivity contribution in [2.75, 3.05) is 19.6 Å². The minimum absolute atomic E-state index is 1.25. The molecule has 8 heteroatoms. The smallest absolute Gasteiger partial charge is 0.304 e. The van der Waals surface area contributed by atoms with Crippen molar-refractivity contribution in [1.29, 1.82) is 0 Å². The maximum Gasteiger partial charge on any atom is 0.522 e. The second-order valence-corrected chi connectivity index (χ2v) is 4.48. The quantitative estimate of drug-likeness (QED) is 0.565. The molecule has 1 N–H and O–H groups in total. The molecule has 0 aromatic heterocycles. The highest BCUT2D eigenvalue weighted by molar-refractivity contribution is 7.86.